The van der Waals surface area contributed by atoms with E-state index in [2.05, 4.69) is 22.1 Å². The molecule has 3 aliphatic heterocycles. The van der Waals surface area contributed by atoms with Crippen LogP contribution in [0.5, 0.6) is 5.75 Å². The molecule has 0 atom stereocenters. The van der Waals surface area contributed by atoms with Gasteiger partial charge in [0.15, 0.2) is 5.75 Å². The first-order chi connectivity index (χ1) is 14.5. The van der Waals surface area contributed by atoms with Crippen LogP contribution >= 0.6 is 11.6 Å². The van der Waals surface area contributed by atoms with Crippen LogP contribution in [0.4, 0.5) is 5.69 Å². The Morgan fingerprint density at radius 1 is 1.30 bits per heavy atom. The molecule has 0 saturated carbocycles. The number of amides is 1. The Labute approximate surface area is 181 Å². The summed E-state index contributed by atoms with van der Waals surface area (Å²) in [5, 5.41) is 3.91. The third-order valence-corrected chi connectivity index (χ3v) is 6.71. The van der Waals surface area contributed by atoms with Crippen molar-refractivity contribution in [2.24, 2.45) is 5.92 Å². The summed E-state index contributed by atoms with van der Waals surface area (Å²) in [5.74, 6) is 1.26. The van der Waals surface area contributed by atoms with Gasteiger partial charge in [0.05, 0.1) is 31.2 Å². The number of hydrogen-bond acceptors (Lipinski definition) is 6. The number of hydrogen-bond donors (Lipinski definition) is 1. The highest BCUT2D eigenvalue weighted by Crippen LogP contribution is 2.36. The average molecular weight is 428 g/mol. The van der Waals surface area contributed by atoms with E-state index in [0.29, 0.717) is 36.3 Å². The Kier molecular flexibility index (Phi) is 5.03. The molecule has 8 heteroatoms. The quantitative estimate of drug-likeness (QED) is 0.756. The molecule has 2 aromatic rings. The highest BCUT2D eigenvalue weighted by atomic mass is 35.5. The largest absolute Gasteiger partial charge is 0.493 e. The van der Waals surface area contributed by atoms with Crippen LogP contribution in [0.25, 0.3) is 0 Å². The maximum absolute atomic E-state index is 13.0. The van der Waals surface area contributed by atoms with Crippen molar-refractivity contribution in [2.45, 2.75) is 39.4 Å². The van der Waals surface area contributed by atoms with Crippen molar-refractivity contribution in [2.75, 3.05) is 31.6 Å². The Hall–Kier alpha value is -2.38. The molecule has 0 radical (unpaired) electrons. The molecule has 0 spiro atoms. The van der Waals surface area contributed by atoms with E-state index in [-0.39, 0.29) is 5.91 Å². The molecular weight excluding hydrogens is 402 g/mol. The van der Waals surface area contributed by atoms with Crippen molar-refractivity contribution >= 4 is 23.2 Å². The molecule has 1 saturated heterocycles. The molecule has 5 heterocycles. The lowest BCUT2D eigenvalue weighted by atomic mass is 9.94. The molecule has 1 fully saturated rings. The van der Waals surface area contributed by atoms with E-state index in [0.717, 1.165) is 49.7 Å². The van der Waals surface area contributed by atoms with E-state index < -0.39 is 0 Å². The fraction of sp³-hybridized carbons (Fsp3) is 0.500. The first-order valence-electron chi connectivity index (χ1n) is 10.5. The Balaban J connectivity index is 1.22. The summed E-state index contributed by atoms with van der Waals surface area (Å²) in [4.78, 5) is 26.1. The second-order valence-corrected chi connectivity index (χ2v) is 8.80. The van der Waals surface area contributed by atoms with Gasteiger partial charge >= 0.3 is 0 Å². The molecule has 3 aliphatic rings. The lowest BCUT2D eigenvalue weighted by Gasteiger charge is -2.41. The zero-order valence-corrected chi connectivity index (χ0v) is 18.1. The summed E-state index contributed by atoms with van der Waals surface area (Å²) < 4.78 is 5.40. The van der Waals surface area contributed by atoms with Crippen LogP contribution < -0.4 is 15.0 Å². The third-order valence-electron chi connectivity index (χ3n) is 6.51. The summed E-state index contributed by atoms with van der Waals surface area (Å²) in [6, 6.07) is 1.82. The van der Waals surface area contributed by atoms with Gasteiger partial charge in [-0.3, -0.25) is 9.78 Å². The fourth-order valence-corrected chi connectivity index (χ4v) is 5.04. The second-order valence-electron chi connectivity index (χ2n) is 8.41. The van der Waals surface area contributed by atoms with Crippen molar-refractivity contribution in [3.8, 4) is 5.75 Å². The lowest BCUT2D eigenvalue weighted by molar-refractivity contribution is -0.133. The summed E-state index contributed by atoms with van der Waals surface area (Å²) in [5.41, 5.74) is 7.15. The van der Waals surface area contributed by atoms with Crippen LogP contribution in [0, 0.1) is 12.8 Å². The van der Waals surface area contributed by atoms with E-state index in [1.165, 1.54) is 16.7 Å². The van der Waals surface area contributed by atoms with Crippen LogP contribution in [0.3, 0.4) is 0 Å². The fourth-order valence-electron chi connectivity index (χ4n) is 4.89. The molecule has 5 rings (SSSR count). The number of aryl methyl sites for hydroxylation is 1. The second kappa shape index (κ2) is 7.71. The zero-order chi connectivity index (χ0) is 20.8. The van der Waals surface area contributed by atoms with E-state index >= 15 is 0 Å². The van der Waals surface area contributed by atoms with Crippen LogP contribution in [0.1, 0.15) is 34.5 Å². The number of methoxy groups -OCH3 is 1. The van der Waals surface area contributed by atoms with Gasteiger partial charge in [-0.2, -0.15) is 0 Å². The summed E-state index contributed by atoms with van der Waals surface area (Å²) in [6.07, 6.45) is 3.23. The van der Waals surface area contributed by atoms with Crippen molar-refractivity contribution < 1.29 is 9.53 Å². The van der Waals surface area contributed by atoms with Gasteiger partial charge < -0.3 is 19.9 Å². The van der Waals surface area contributed by atoms with Gasteiger partial charge in [-0.05, 0) is 36.6 Å². The van der Waals surface area contributed by atoms with Gasteiger partial charge in [0.2, 0.25) is 5.91 Å². The van der Waals surface area contributed by atoms with Gasteiger partial charge in [-0.15, -0.1) is 0 Å². The van der Waals surface area contributed by atoms with E-state index in [4.69, 9.17) is 21.3 Å². The Bertz CT molecular complexity index is 1010. The minimum absolute atomic E-state index is 0.215. The van der Waals surface area contributed by atoms with Gasteiger partial charge in [0.1, 0.15) is 5.15 Å². The zero-order valence-electron chi connectivity index (χ0n) is 17.4. The molecule has 1 amide bonds. The third kappa shape index (κ3) is 3.40. The Morgan fingerprint density at radius 3 is 2.93 bits per heavy atom. The first kappa shape index (κ1) is 19.6. The molecule has 7 nitrogen and oxygen atoms in total. The number of nitrogens with zero attached hydrogens (tertiary/aromatic N) is 4. The van der Waals surface area contributed by atoms with E-state index in [9.17, 15) is 4.79 Å². The highest BCUT2D eigenvalue weighted by molar-refractivity contribution is 6.29. The number of halogens is 1. The summed E-state index contributed by atoms with van der Waals surface area (Å²) >= 11 is 6.05. The van der Waals surface area contributed by atoms with Crippen LogP contribution in [-0.2, 0) is 30.8 Å². The molecule has 0 aliphatic carbocycles. The number of aromatic nitrogens is 2. The van der Waals surface area contributed by atoms with Crippen molar-refractivity contribution in [1.82, 2.24) is 20.2 Å². The minimum atomic E-state index is 0.215. The number of anilines is 1. The number of nitrogens with one attached hydrogen (secondary N) is 1. The summed E-state index contributed by atoms with van der Waals surface area (Å²) in [6.45, 7) is 6.94. The molecule has 1 N–H and O–H groups in total. The first-order valence-corrected chi connectivity index (χ1v) is 10.8. The van der Waals surface area contributed by atoms with Gasteiger partial charge in [0, 0.05) is 50.3 Å². The predicted molar refractivity (Wildman–Crippen MR) is 115 cm³/mol. The Morgan fingerprint density at radius 2 is 2.13 bits per heavy atom. The average Bonchev–Trinajstić information content (AvgIpc) is 3.15. The summed E-state index contributed by atoms with van der Waals surface area (Å²) in [7, 11) is 1.63. The van der Waals surface area contributed by atoms with Crippen molar-refractivity contribution in [3.63, 3.8) is 0 Å². The highest BCUT2D eigenvalue weighted by Gasteiger charge is 2.35. The number of fused-ring (bicyclic) bond motifs is 3. The monoisotopic (exact) mass is 427 g/mol. The lowest BCUT2D eigenvalue weighted by Crippen LogP contribution is -2.48. The predicted octanol–water partition coefficient (Wildman–Crippen LogP) is 2.46. The standard InChI is InChI=1S/C22H26ClN5O2/c1-13-15-3-4-24-7-16(15)17-11-28(12-18(17)26-13)22(29)5-14-9-27(10-14)19-6-21(23)25-8-20(19)30-2/h6,8,14,24H,3-5,7,9-12H2,1-2H3. The van der Waals surface area contributed by atoms with Crippen LogP contribution in [0.2, 0.25) is 5.15 Å². The number of rotatable bonds is 4. The van der Waals surface area contributed by atoms with Crippen LogP contribution in [-0.4, -0.2) is 47.5 Å². The maximum Gasteiger partial charge on any atom is 0.223 e. The molecular formula is C22H26ClN5O2. The molecule has 2 aromatic heterocycles. The minimum Gasteiger partial charge on any atom is -0.493 e. The van der Waals surface area contributed by atoms with Gasteiger partial charge in [0.25, 0.3) is 0 Å². The van der Waals surface area contributed by atoms with Gasteiger partial charge in [-0.25, -0.2) is 4.98 Å². The van der Waals surface area contributed by atoms with E-state index in [1.807, 2.05) is 11.0 Å². The SMILES string of the molecule is COc1cnc(Cl)cc1N1CC(CC(=O)N2Cc3nc(C)c4c(c3C2)CNCC4)C1. The van der Waals surface area contributed by atoms with Gasteiger partial charge in [-0.1, -0.05) is 11.6 Å². The molecule has 0 unspecified atom stereocenters. The molecule has 0 bridgehead atoms. The van der Waals surface area contributed by atoms with Crippen molar-refractivity contribution in [1.29, 1.82) is 0 Å². The number of ether oxygens (including phenoxy) is 1. The topological polar surface area (TPSA) is 70.6 Å². The van der Waals surface area contributed by atoms with Crippen molar-refractivity contribution in [3.05, 3.63) is 45.5 Å². The maximum atomic E-state index is 13.0. The molecule has 0 aromatic carbocycles. The number of carbonyl (C=O) groups excluding carboxylic acids is 1. The number of carbonyl (C=O) groups is 1. The molecule has 30 heavy (non-hydrogen) atoms. The van der Waals surface area contributed by atoms with Crippen LogP contribution in [0.15, 0.2) is 12.3 Å². The normalized spacial score (nSPS) is 18.1. The smallest absolute Gasteiger partial charge is 0.223 e. The molecule has 158 valence electrons. The van der Waals surface area contributed by atoms with E-state index in [1.54, 1.807) is 13.3 Å². The number of pyridine rings is 2.